The van der Waals surface area contributed by atoms with Crippen molar-refractivity contribution in [3.63, 3.8) is 0 Å². The number of hydrogen-bond donors (Lipinski definition) is 3. The van der Waals surface area contributed by atoms with Crippen molar-refractivity contribution in [3.05, 3.63) is 35.9 Å². The first-order chi connectivity index (χ1) is 11.1. The van der Waals surface area contributed by atoms with Crippen molar-refractivity contribution in [2.75, 3.05) is 0 Å². The van der Waals surface area contributed by atoms with E-state index < -0.39 is 16.5 Å². The van der Waals surface area contributed by atoms with Crippen LogP contribution in [0.5, 0.6) is 0 Å². The van der Waals surface area contributed by atoms with Crippen molar-refractivity contribution in [3.8, 4) is 0 Å². The van der Waals surface area contributed by atoms with E-state index in [-0.39, 0.29) is 6.17 Å². The van der Waals surface area contributed by atoms with Gasteiger partial charge in [0.1, 0.15) is 16.5 Å². The van der Waals surface area contributed by atoms with Crippen LogP contribution >= 0.6 is 0 Å². The Labute approximate surface area is 151 Å². The van der Waals surface area contributed by atoms with Gasteiger partial charge in [-0.1, -0.05) is 82.5 Å². The Hall–Kier alpha value is -0.466. The average Bonchev–Trinajstić information content (AvgIpc) is 2.46. The molecule has 1 aliphatic rings. The summed E-state index contributed by atoms with van der Waals surface area (Å²) in [5.41, 5.74) is 1.36. The van der Waals surface area contributed by atoms with Crippen molar-refractivity contribution < 1.29 is 0 Å². The van der Waals surface area contributed by atoms with Crippen LogP contribution in [0.2, 0.25) is 39.3 Å². The molecule has 3 nitrogen and oxygen atoms in total. The van der Waals surface area contributed by atoms with E-state index in [1.54, 1.807) is 0 Å². The number of hydrogen-bond acceptors (Lipinski definition) is 3. The lowest BCUT2D eigenvalue weighted by Crippen LogP contribution is -2.60. The Balaban J connectivity index is 2.14. The second-order valence-corrected chi connectivity index (χ2v) is 18.9. The van der Waals surface area contributed by atoms with Crippen LogP contribution in [-0.4, -0.2) is 28.6 Å². The van der Waals surface area contributed by atoms with Crippen LogP contribution in [0.25, 0.3) is 0 Å². The lowest BCUT2D eigenvalue weighted by atomic mass is 9.90. The summed E-state index contributed by atoms with van der Waals surface area (Å²) in [6.45, 7) is 14.4. The first-order valence-corrected chi connectivity index (χ1v) is 16.5. The average molecular weight is 364 g/mol. The topological polar surface area (TPSA) is 36.1 Å². The molecule has 3 atom stereocenters. The third-order valence-electron chi connectivity index (χ3n) is 4.48. The van der Waals surface area contributed by atoms with Crippen LogP contribution < -0.4 is 15.3 Å². The Bertz CT molecular complexity index is 494. The van der Waals surface area contributed by atoms with Crippen molar-refractivity contribution in [1.82, 2.24) is 15.3 Å². The van der Waals surface area contributed by atoms with Gasteiger partial charge in [0.05, 0.1) is 6.17 Å². The molecule has 1 unspecified atom stereocenters. The Morgan fingerprint density at radius 3 is 1.96 bits per heavy atom. The summed E-state index contributed by atoms with van der Waals surface area (Å²) < 4.78 is 0. The third kappa shape index (κ3) is 6.80. The van der Waals surface area contributed by atoms with Gasteiger partial charge in [0, 0.05) is 12.1 Å². The summed E-state index contributed by atoms with van der Waals surface area (Å²) in [5, 5.41) is 3.98. The first kappa shape index (κ1) is 19.9. The van der Waals surface area contributed by atoms with Crippen LogP contribution in [-0.2, 0) is 0 Å². The van der Waals surface area contributed by atoms with Gasteiger partial charge in [0.15, 0.2) is 0 Å². The minimum atomic E-state index is -1.38. The molecule has 3 N–H and O–H groups in total. The van der Waals surface area contributed by atoms with Crippen LogP contribution in [0.15, 0.2) is 30.3 Å². The molecule has 1 aromatic carbocycles. The summed E-state index contributed by atoms with van der Waals surface area (Å²) in [4.78, 5) is 7.90. The fourth-order valence-corrected chi connectivity index (χ4v) is 6.15. The van der Waals surface area contributed by atoms with Gasteiger partial charge in [-0.2, -0.15) is 0 Å². The second-order valence-electron chi connectivity index (χ2n) is 9.30. The lowest BCUT2D eigenvalue weighted by Gasteiger charge is -2.40. The maximum atomic E-state index is 3.99. The number of rotatable bonds is 7. The predicted molar refractivity (Wildman–Crippen MR) is 111 cm³/mol. The highest BCUT2D eigenvalue weighted by molar-refractivity contribution is 6.74. The quantitative estimate of drug-likeness (QED) is 0.495. The SMILES string of the molecule is C[Si](C)(C)NC(N[C@@H]1CCCC[C@H]1N[Si](C)(C)C)c1ccccc1. The van der Waals surface area contributed by atoms with Gasteiger partial charge in [0.2, 0.25) is 0 Å². The van der Waals surface area contributed by atoms with Gasteiger partial charge < -0.3 is 9.96 Å². The van der Waals surface area contributed by atoms with Gasteiger partial charge >= 0.3 is 0 Å². The molecule has 1 aromatic rings. The Kier molecular flexibility index (Phi) is 6.85. The molecule has 0 aromatic heterocycles. The molecule has 0 heterocycles. The molecule has 0 aliphatic heterocycles. The van der Waals surface area contributed by atoms with Gasteiger partial charge in [-0.3, -0.25) is 5.32 Å². The fourth-order valence-electron chi connectivity index (χ4n) is 3.57. The van der Waals surface area contributed by atoms with E-state index in [1.807, 2.05) is 0 Å². The molecule has 1 aliphatic carbocycles. The molecule has 1 fully saturated rings. The van der Waals surface area contributed by atoms with Crippen LogP contribution in [0.3, 0.4) is 0 Å². The molecule has 0 amide bonds. The summed E-state index contributed by atoms with van der Waals surface area (Å²) in [6, 6.07) is 12.1. The molecular formula is C19H37N3Si2. The minimum Gasteiger partial charge on any atom is -0.333 e. The monoisotopic (exact) mass is 363 g/mol. The van der Waals surface area contributed by atoms with Crippen LogP contribution in [0.1, 0.15) is 37.4 Å². The van der Waals surface area contributed by atoms with E-state index in [0.29, 0.717) is 12.1 Å². The highest BCUT2D eigenvalue weighted by atomic mass is 28.3. The highest BCUT2D eigenvalue weighted by Gasteiger charge is 2.31. The molecule has 0 radical (unpaired) electrons. The van der Waals surface area contributed by atoms with Crippen LogP contribution in [0, 0.1) is 0 Å². The van der Waals surface area contributed by atoms with Gasteiger partial charge in [-0.25, -0.2) is 0 Å². The van der Waals surface area contributed by atoms with Crippen molar-refractivity contribution >= 4 is 16.5 Å². The fraction of sp³-hybridized carbons (Fsp3) is 0.684. The van der Waals surface area contributed by atoms with E-state index in [9.17, 15) is 0 Å². The molecule has 24 heavy (non-hydrogen) atoms. The van der Waals surface area contributed by atoms with Gasteiger partial charge in [-0.15, -0.1) is 0 Å². The molecule has 0 bridgehead atoms. The number of nitrogens with one attached hydrogen (secondary N) is 3. The van der Waals surface area contributed by atoms with E-state index in [2.05, 4.69) is 84.9 Å². The molecule has 1 saturated carbocycles. The first-order valence-electron chi connectivity index (χ1n) is 9.50. The van der Waals surface area contributed by atoms with Gasteiger partial charge in [-0.05, 0) is 18.4 Å². The smallest absolute Gasteiger partial charge is 0.118 e. The minimum absolute atomic E-state index is 0.256. The molecule has 2 rings (SSSR count). The molecule has 5 heteroatoms. The van der Waals surface area contributed by atoms with Crippen molar-refractivity contribution in [2.24, 2.45) is 0 Å². The predicted octanol–water partition coefficient (Wildman–Crippen LogP) is 4.44. The zero-order valence-electron chi connectivity index (χ0n) is 16.4. The lowest BCUT2D eigenvalue weighted by molar-refractivity contribution is 0.279. The van der Waals surface area contributed by atoms with Crippen molar-refractivity contribution in [1.29, 1.82) is 0 Å². The molecule has 0 spiro atoms. The molecule has 0 saturated heterocycles. The number of benzene rings is 1. The van der Waals surface area contributed by atoms with Crippen molar-refractivity contribution in [2.45, 2.75) is 83.2 Å². The largest absolute Gasteiger partial charge is 0.333 e. The van der Waals surface area contributed by atoms with E-state index in [0.717, 1.165) is 0 Å². The Morgan fingerprint density at radius 2 is 1.42 bits per heavy atom. The summed E-state index contributed by atoms with van der Waals surface area (Å²) >= 11 is 0. The van der Waals surface area contributed by atoms with E-state index >= 15 is 0 Å². The standard InChI is InChI=1S/C19H37N3Si2/c1-23(2,3)21-18-15-11-10-14-17(18)20-19(22-24(4,5)6)16-12-8-7-9-13-16/h7-9,12-13,17-22H,10-11,14-15H2,1-6H3/t17-,18-,19?/m1/s1. The Morgan fingerprint density at radius 1 is 0.833 bits per heavy atom. The zero-order chi connectivity index (χ0) is 17.8. The van der Waals surface area contributed by atoms with Gasteiger partial charge in [0.25, 0.3) is 0 Å². The highest BCUT2D eigenvalue weighted by Crippen LogP contribution is 2.23. The summed E-state index contributed by atoms with van der Waals surface area (Å²) in [5.74, 6) is 0. The zero-order valence-corrected chi connectivity index (χ0v) is 18.4. The van der Waals surface area contributed by atoms with E-state index in [4.69, 9.17) is 0 Å². The van der Waals surface area contributed by atoms with Crippen LogP contribution in [0.4, 0.5) is 0 Å². The van der Waals surface area contributed by atoms with E-state index in [1.165, 1.54) is 31.2 Å². The maximum Gasteiger partial charge on any atom is 0.118 e. The maximum absolute atomic E-state index is 3.99. The molecular weight excluding hydrogens is 326 g/mol. The second kappa shape index (κ2) is 8.28. The summed E-state index contributed by atoms with van der Waals surface area (Å²) in [6.07, 6.45) is 5.54. The molecule has 136 valence electrons. The summed E-state index contributed by atoms with van der Waals surface area (Å²) in [7, 11) is -2.65. The third-order valence-corrected chi connectivity index (χ3v) is 6.87. The normalized spacial score (nSPS) is 23.9.